The van der Waals surface area contributed by atoms with Crippen LogP contribution in [0.25, 0.3) is 0 Å². The Balaban J connectivity index is 1.77. The third-order valence-corrected chi connectivity index (χ3v) is 5.05. The third-order valence-electron chi connectivity index (χ3n) is 2.99. The number of ether oxygens (including phenoxy) is 1. The van der Waals surface area contributed by atoms with Gasteiger partial charge in [-0.3, -0.25) is 4.79 Å². The maximum Gasteiger partial charge on any atom is 0.233 e. The number of rotatable bonds is 7. The molecule has 1 fully saturated rings. The van der Waals surface area contributed by atoms with Gasteiger partial charge in [0, 0.05) is 19.2 Å². The van der Waals surface area contributed by atoms with Crippen LogP contribution in [0.2, 0.25) is 0 Å². The van der Waals surface area contributed by atoms with Gasteiger partial charge in [-0.15, -0.1) is 10.2 Å². The first-order valence-corrected chi connectivity index (χ1v) is 8.90. The van der Waals surface area contributed by atoms with E-state index in [2.05, 4.69) is 20.8 Å². The molecular weight excluding hydrogens is 308 g/mol. The van der Waals surface area contributed by atoms with E-state index >= 15 is 0 Å². The van der Waals surface area contributed by atoms with Crippen LogP contribution in [0.5, 0.6) is 0 Å². The highest BCUT2D eigenvalue weighted by Gasteiger charge is 2.19. The molecule has 1 aliphatic rings. The SMILES string of the molecule is CC(C)NC(=O)C(C)Sc1nnc(NCC2CCCO2)s1. The van der Waals surface area contributed by atoms with Crippen molar-refractivity contribution in [2.24, 2.45) is 0 Å². The van der Waals surface area contributed by atoms with Crippen LogP contribution in [0.3, 0.4) is 0 Å². The van der Waals surface area contributed by atoms with Gasteiger partial charge in [-0.25, -0.2) is 0 Å². The molecule has 0 aromatic carbocycles. The summed E-state index contributed by atoms with van der Waals surface area (Å²) in [4.78, 5) is 11.9. The van der Waals surface area contributed by atoms with Gasteiger partial charge in [-0.05, 0) is 33.6 Å². The first kappa shape index (κ1) is 16.5. The molecule has 0 aliphatic carbocycles. The van der Waals surface area contributed by atoms with Crippen molar-refractivity contribution in [3.63, 3.8) is 0 Å². The maximum atomic E-state index is 11.9. The van der Waals surface area contributed by atoms with E-state index in [4.69, 9.17) is 4.74 Å². The number of anilines is 1. The fourth-order valence-electron chi connectivity index (χ4n) is 1.94. The lowest BCUT2D eigenvalue weighted by Crippen LogP contribution is -2.35. The summed E-state index contributed by atoms with van der Waals surface area (Å²) in [7, 11) is 0. The van der Waals surface area contributed by atoms with E-state index in [1.807, 2.05) is 20.8 Å². The van der Waals surface area contributed by atoms with Crippen molar-refractivity contribution in [3.8, 4) is 0 Å². The van der Waals surface area contributed by atoms with Gasteiger partial charge in [0.25, 0.3) is 0 Å². The minimum absolute atomic E-state index is 0.0269. The Hall–Kier alpha value is -0.860. The predicted molar refractivity (Wildman–Crippen MR) is 86.0 cm³/mol. The highest BCUT2D eigenvalue weighted by Crippen LogP contribution is 2.29. The summed E-state index contributed by atoms with van der Waals surface area (Å²) in [6, 6.07) is 0.151. The van der Waals surface area contributed by atoms with Crippen LogP contribution in [0.1, 0.15) is 33.6 Å². The lowest BCUT2D eigenvalue weighted by atomic mass is 10.2. The predicted octanol–water partition coefficient (Wildman–Crippen LogP) is 2.13. The summed E-state index contributed by atoms with van der Waals surface area (Å²) in [5, 5.41) is 15.0. The van der Waals surface area contributed by atoms with Gasteiger partial charge in [0.15, 0.2) is 4.34 Å². The molecule has 21 heavy (non-hydrogen) atoms. The number of nitrogens with zero attached hydrogens (tertiary/aromatic N) is 2. The van der Waals surface area contributed by atoms with Gasteiger partial charge in [0.1, 0.15) is 0 Å². The van der Waals surface area contributed by atoms with Gasteiger partial charge in [-0.1, -0.05) is 23.1 Å². The maximum absolute atomic E-state index is 11.9. The number of thioether (sulfide) groups is 1. The Morgan fingerprint density at radius 2 is 2.29 bits per heavy atom. The summed E-state index contributed by atoms with van der Waals surface area (Å²) in [6.07, 6.45) is 2.51. The molecule has 118 valence electrons. The molecule has 2 atom stereocenters. The largest absolute Gasteiger partial charge is 0.376 e. The quantitative estimate of drug-likeness (QED) is 0.746. The molecule has 8 heteroatoms. The van der Waals surface area contributed by atoms with E-state index in [1.165, 1.54) is 23.1 Å². The first-order valence-electron chi connectivity index (χ1n) is 7.20. The number of amides is 1. The topological polar surface area (TPSA) is 76.1 Å². The second-order valence-electron chi connectivity index (χ2n) is 5.31. The Morgan fingerprint density at radius 1 is 1.48 bits per heavy atom. The zero-order valence-corrected chi connectivity index (χ0v) is 14.2. The summed E-state index contributed by atoms with van der Waals surface area (Å²) >= 11 is 2.91. The van der Waals surface area contributed by atoms with Crippen LogP contribution in [0.15, 0.2) is 4.34 Å². The molecule has 2 heterocycles. The number of hydrogen-bond acceptors (Lipinski definition) is 7. The molecule has 0 bridgehead atoms. The zero-order chi connectivity index (χ0) is 15.2. The van der Waals surface area contributed by atoms with Crippen molar-refractivity contribution < 1.29 is 9.53 Å². The summed E-state index contributed by atoms with van der Waals surface area (Å²) in [5.74, 6) is 0.0269. The molecule has 0 spiro atoms. The standard InChI is InChI=1S/C13H22N4O2S2/c1-8(2)15-11(18)9(3)20-13-17-16-12(21-13)14-7-10-5-4-6-19-10/h8-10H,4-7H2,1-3H3,(H,14,16)(H,15,18). The van der Waals surface area contributed by atoms with E-state index in [1.54, 1.807) is 0 Å². The van der Waals surface area contributed by atoms with Gasteiger partial charge in [-0.2, -0.15) is 0 Å². The minimum Gasteiger partial charge on any atom is -0.376 e. The van der Waals surface area contributed by atoms with Crippen molar-refractivity contribution in [2.45, 2.75) is 55.3 Å². The number of aromatic nitrogens is 2. The Kier molecular flexibility index (Phi) is 6.25. The van der Waals surface area contributed by atoms with E-state index in [0.717, 1.165) is 35.5 Å². The van der Waals surface area contributed by atoms with Gasteiger partial charge >= 0.3 is 0 Å². The molecule has 1 aliphatic heterocycles. The second kappa shape index (κ2) is 7.95. The minimum atomic E-state index is -0.175. The van der Waals surface area contributed by atoms with Crippen LogP contribution in [0, 0.1) is 0 Å². The Morgan fingerprint density at radius 3 is 2.95 bits per heavy atom. The molecule has 2 N–H and O–H groups in total. The molecule has 2 rings (SSSR count). The second-order valence-corrected chi connectivity index (χ2v) is 7.88. The molecule has 1 aromatic rings. The van der Waals surface area contributed by atoms with Crippen molar-refractivity contribution in [1.29, 1.82) is 0 Å². The molecule has 1 saturated heterocycles. The molecule has 0 saturated carbocycles. The summed E-state index contributed by atoms with van der Waals surface area (Å²) in [6.45, 7) is 7.40. The van der Waals surface area contributed by atoms with Crippen molar-refractivity contribution in [2.75, 3.05) is 18.5 Å². The van der Waals surface area contributed by atoms with E-state index < -0.39 is 0 Å². The number of nitrogens with one attached hydrogen (secondary N) is 2. The molecular formula is C13H22N4O2S2. The zero-order valence-electron chi connectivity index (χ0n) is 12.6. The van der Waals surface area contributed by atoms with E-state index in [-0.39, 0.29) is 23.3 Å². The van der Waals surface area contributed by atoms with Gasteiger partial charge in [0.2, 0.25) is 11.0 Å². The molecule has 6 nitrogen and oxygen atoms in total. The smallest absolute Gasteiger partial charge is 0.233 e. The third kappa shape index (κ3) is 5.44. The van der Waals surface area contributed by atoms with Gasteiger partial charge < -0.3 is 15.4 Å². The van der Waals surface area contributed by atoms with Gasteiger partial charge in [0.05, 0.1) is 11.4 Å². The summed E-state index contributed by atoms with van der Waals surface area (Å²) in [5.41, 5.74) is 0. The lowest BCUT2D eigenvalue weighted by molar-refractivity contribution is -0.120. The fourth-order valence-corrected chi connectivity index (χ4v) is 3.85. The molecule has 1 aromatic heterocycles. The van der Waals surface area contributed by atoms with Crippen LogP contribution >= 0.6 is 23.1 Å². The number of hydrogen-bond donors (Lipinski definition) is 2. The fraction of sp³-hybridized carbons (Fsp3) is 0.769. The first-order chi connectivity index (χ1) is 10.0. The highest BCUT2D eigenvalue weighted by molar-refractivity contribution is 8.02. The molecule has 2 unspecified atom stereocenters. The van der Waals surface area contributed by atoms with Crippen LogP contribution in [-0.2, 0) is 9.53 Å². The van der Waals surface area contributed by atoms with Crippen LogP contribution in [-0.4, -0.2) is 46.7 Å². The highest BCUT2D eigenvalue weighted by atomic mass is 32.2. The van der Waals surface area contributed by atoms with Crippen molar-refractivity contribution >= 4 is 34.1 Å². The Labute approximate surface area is 133 Å². The Bertz CT molecular complexity index is 461. The average molecular weight is 330 g/mol. The van der Waals surface area contributed by atoms with Crippen molar-refractivity contribution in [3.05, 3.63) is 0 Å². The average Bonchev–Trinajstić information content (AvgIpc) is 3.06. The lowest BCUT2D eigenvalue weighted by Gasteiger charge is -2.12. The van der Waals surface area contributed by atoms with E-state index in [0.29, 0.717) is 0 Å². The van der Waals surface area contributed by atoms with E-state index in [9.17, 15) is 4.79 Å². The van der Waals surface area contributed by atoms with Crippen LogP contribution in [0.4, 0.5) is 5.13 Å². The number of carbonyl (C=O) groups is 1. The molecule has 1 amide bonds. The monoisotopic (exact) mass is 330 g/mol. The van der Waals surface area contributed by atoms with Crippen LogP contribution < -0.4 is 10.6 Å². The van der Waals surface area contributed by atoms with Crippen molar-refractivity contribution in [1.82, 2.24) is 15.5 Å². The summed E-state index contributed by atoms with van der Waals surface area (Å²) < 4.78 is 6.35. The normalized spacial score (nSPS) is 19.7. The molecule has 0 radical (unpaired) electrons. The number of carbonyl (C=O) groups excluding carboxylic acids is 1.